The first-order valence-corrected chi connectivity index (χ1v) is 13.6. The summed E-state index contributed by atoms with van der Waals surface area (Å²) in [7, 11) is 0. The number of ether oxygens (including phenoxy) is 3. The minimum Gasteiger partial charge on any atom is -0.489 e. The molecule has 0 radical (unpaired) electrons. The number of hydrogen-bond donors (Lipinski definition) is 1. The molecule has 3 aromatic carbocycles. The van der Waals surface area contributed by atoms with Gasteiger partial charge in [-0.05, 0) is 82.5 Å². The van der Waals surface area contributed by atoms with E-state index in [1.54, 1.807) is 0 Å². The molecule has 0 aliphatic carbocycles. The second kappa shape index (κ2) is 12.0. The summed E-state index contributed by atoms with van der Waals surface area (Å²) in [6.45, 7) is 13.4. The maximum atomic E-state index is 12.5. The van der Waals surface area contributed by atoms with Crippen molar-refractivity contribution in [3.8, 4) is 16.9 Å². The van der Waals surface area contributed by atoms with Gasteiger partial charge in [-0.1, -0.05) is 36.4 Å². The van der Waals surface area contributed by atoms with Gasteiger partial charge in [0.1, 0.15) is 29.1 Å². The average Bonchev–Trinajstić information content (AvgIpc) is 3.24. The standard InChI is InChI=1S/C33H38N2O6/c1-21-35-27-17-23(20-38-28-14-9-8-12-25(28)18-29(36)40-32(2,3)4)16-26(30(27)39-21)24-13-10-11-22(15-24)19-34-31(37)41-33(5,6)7/h8-17H,18-20H2,1-7H3,(H,34,37). The molecule has 0 bridgehead atoms. The molecule has 1 aromatic heterocycles. The molecular formula is C33H38N2O6. The van der Waals surface area contributed by atoms with Gasteiger partial charge in [0.15, 0.2) is 11.5 Å². The van der Waals surface area contributed by atoms with Gasteiger partial charge in [-0.25, -0.2) is 9.78 Å². The second-order valence-corrected chi connectivity index (χ2v) is 11.9. The Bertz CT molecular complexity index is 1540. The highest BCUT2D eigenvalue weighted by Gasteiger charge is 2.19. The zero-order valence-electron chi connectivity index (χ0n) is 24.8. The van der Waals surface area contributed by atoms with Gasteiger partial charge in [0.25, 0.3) is 0 Å². The van der Waals surface area contributed by atoms with Gasteiger partial charge in [-0.3, -0.25) is 4.79 Å². The number of carbonyl (C=O) groups is 2. The average molecular weight is 559 g/mol. The fraction of sp³-hybridized carbons (Fsp3) is 0.364. The number of aryl methyl sites for hydroxylation is 1. The topological polar surface area (TPSA) is 99.9 Å². The number of alkyl carbamates (subject to hydrolysis) is 1. The molecule has 216 valence electrons. The van der Waals surface area contributed by atoms with Crippen LogP contribution >= 0.6 is 0 Å². The Morgan fingerprint density at radius 1 is 0.878 bits per heavy atom. The number of hydrogen-bond acceptors (Lipinski definition) is 7. The molecule has 1 amide bonds. The summed E-state index contributed by atoms with van der Waals surface area (Å²) in [5.74, 6) is 0.868. The summed E-state index contributed by atoms with van der Waals surface area (Å²) in [5.41, 5.74) is 4.61. The highest BCUT2D eigenvalue weighted by atomic mass is 16.6. The van der Waals surface area contributed by atoms with Crippen molar-refractivity contribution >= 4 is 23.2 Å². The van der Waals surface area contributed by atoms with Crippen molar-refractivity contribution in [2.24, 2.45) is 0 Å². The van der Waals surface area contributed by atoms with Crippen molar-refractivity contribution in [2.75, 3.05) is 0 Å². The number of nitrogens with zero attached hydrogens (tertiary/aromatic N) is 1. The predicted molar refractivity (Wildman–Crippen MR) is 158 cm³/mol. The van der Waals surface area contributed by atoms with E-state index in [-0.39, 0.29) is 19.0 Å². The van der Waals surface area contributed by atoms with E-state index in [2.05, 4.69) is 10.3 Å². The lowest BCUT2D eigenvalue weighted by molar-refractivity contribution is -0.153. The largest absolute Gasteiger partial charge is 0.489 e. The highest BCUT2D eigenvalue weighted by Crippen LogP contribution is 2.32. The maximum absolute atomic E-state index is 12.5. The van der Waals surface area contributed by atoms with Crippen molar-refractivity contribution < 1.29 is 28.2 Å². The molecule has 41 heavy (non-hydrogen) atoms. The fourth-order valence-electron chi connectivity index (χ4n) is 4.32. The van der Waals surface area contributed by atoms with E-state index in [0.29, 0.717) is 23.8 Å². The van der Waals surface area contributed by atoms with E-state index in [1.165, 1.54) is 0 Å². The Morgan fingerprint density at radius 2 is 1.61 bits per heavy atom. The van der Waals surface area contributed by atoms with Crippen molar-refractivity contribution in [1.29, 1.82) is 0 Å². The fourth-order valence-corrected chi connectivity index (χ4v) is 4.32. The van der Waals surface area contributed by atoms with Gasteiger partial charge < -0.3 is 23.9 Å². The lowest BCUT2D eigenvalue weighted by Crippen LogP contribution is -2.32. The molecule has 0 saturated carbocycles. The van der Waals surface area contributed by atoms with E-state index in [0.717, 1.165) is 33.3 Å². The van der Waals surface area contributed by atoms with Crippen LogP contribution in [0.2, 0.25) is 0 Å². The number of esters is 1. The Balaban J connectivity index is 1.56. The lowest BCUT2D eigenvalue weighted by Gasteiger charge is -2.20. The predicted octanol–water partition coefficient (Wildman–Crippen LogP) is 7.29. The van der Waals surface area contributed by atoms with Crippen LogP contribution in [-0.2, 0) is 33.8 Å². The van der Waals surface area contributed by atoms with Crippen LogP contribution in [0.3, 0.4) is 0 Å². The molecule has 0 atom stereocenters. The monoisotopic (exact) mass is 558 g/mol. The molecule has 1 N–H and O–H groups in total. The summed E-state index contributed by atoms with van der Waals surface area (Å²) < 4.78 is 23.0. The Morgan fingerprint density at radius 3 is 2.34 bits per heavy atom. The minimum absolute atomic E-state index is 0.115. The summed E-state index contributed by atoms with van der Waals surface area (Å²) >= 11 is 0. The van der Waals surface area contributed by atoms with Crippen molar-refractivity contribution in [3.63, 3.8) is 0 Å². The van der Waals surface area contributed by atoms with E-state index in [9.17, 15) is 9.59 Å². The second-order valence-electron chi connectivity index (χ2n) is 11.9. The number of aromatic nitrogens is 1. The normalized spacial score (nSPS) is 11.8. The van der Waals surface area contributed by atoms with E-state index in [4.69, 9.17) is 18.6 Å². The first-order chi connectivity index (χ1) is 19.3. The third-order valence-electron chi connectivity index (χ3n) is 5.85. The van der Waals surface area contributed by atoms with Gasteiger partial charge in [-0.2, -0.15) is 0 Å². The van der Waals surface area contributed by atoms with Crippen LogP contribution in [-0.4, -0.2) is 28.2 Å². The first kappa shape index (κ1) is 29.6. The quantitative estimate of drug-likeness (QED) is 0.227. The van der Waals surface area contributed by atoms with Gasteiger partial charge in [-0.15, -0.1) is 0 Å². The van der Waals surface area contributed by atoms with Crippen LogP contribution in [0.15, 0.2) is 65.1 Å². The van der Waals surface area contributed by atoms with E-state index >= 15 is 0 Å². The molecule has 0 aliphatic rings. The highest BCUT2D eigenvalue weighted by molar-refractivity contribution is 5.91. The van der Waals surface area contributed by atoms with Crippen LogP contribution in [0.5, 0.6) is 5.75 Å². The van der Waals surface area contributed by atoms with Crippen LogP contribution in [0, 0.1) is 6.92 Å². The maximum Gasteiger partial charge on any atom is 0.407 e. The van der Waals surface area contributed by atoms with Crippen molar-refractivity contribution in [1.82, 2.24) is 10.3 Å². The summed E-state index contributed by atoms with van der Waals surface area (Å²) in [4.78, 5) is 29.2. The van der Waals surface area contributed by atoms with Crippen LogP contribution in [0.25, 0.3) is 22.2 Å². The van der Waals surface area contributed by atoms with Gasteiger partial charge >= 0.3 is 12.1 Å². The summed E-state index contributed by atoms with van der Waals surface area (Å²) in [5, 5.41) is 2.81. The zero-order valence-corrected chi connectivity index (χ0v) is 24.8. The molecular weight excluding hydrogens is 520 g/mol. The van der Waals surface area contributed by atoms with Crippen LogP contribution in [0.1, 0.15) is 64.1 Å². The van der Waals surface area contributed by atoms with Gasteiger partial charge in [0.05, 0.1) is 6.42 Å². The molecule has 4 rings (SSSR count). The number of para-hydroxylation sites is 1. The third-order valence-corrected chi connectivity index (χ3v) is 5.85. The Hall–Kier alpha value is -4.33. The molecule has 4 aromatic rings. The van der Waals surface area contributed by atoms with Crippen molar-refractivity contribution in [2.45, 2.75) is 79.2 Å². The van der Waals surface area contributed by atoms with Crippen molar-refractivity contribution in [3.05, 3.63) is 83.2 Å². The van der Waals surface area contributed by atoms with E-state index < -0.39 is 17.3 Å². The summed E-state index contributed by atoms with van der Waals surface area (Å²) in [6, 6.07) is 19.3. The number of amides is 1. The number of nitrogens with one attached hydrogen (secondary N) is 1. The molecule has 1 heterocycles. The molecule has 8 heteroatoms. The Kier molecular flexibility index (Phi) is 8.71. The summed E-state index contributed by atoms with van der Waals surface area (Å²) in [6.07, 6.45) is -0.355. The third kappa shape index (κ3) is 8.58. The minimum atomic E-state index is -0.569. The number of fused-ring (bicyclic) bond motifs is 1. The Labute approximate surface area is 241 Å². The molecule has 0 unspecified atom stereocenters. The SMILES string of the molecule is Cc1nc2cc(COc3ccccc3CC(=O)OC(C)(C)C)cc(-c3cccc(CNC(=O)OC(C)(C)C)c3)c2o1. The van der Waals surface area contributed by atoms with Gasteiger partial charge in [0, 0.05) is 24.6 Å². The van der Waals surface area contributed by atoms with Gasteiger partial charge in [0.2, 0.25) is 0 Å². The molecule has 0 fully saturated rings. The number of rotatable bonds is 8. The lowest BCUT2D eigenvalue weighted by atomic mass is 10.00. The molecule has 8 nitrogen and oxygen atoms in total. The van der Waals surface area contributed by atoms with Crippen LogP contribution in [0.4, 0.5) is 4.79 Å². The zero-order chi connectivity index (χ0) is 29.8. The molecule has 0 aliphatic heterocycles. The first-order valence-electron chi connectivity index (χ1n) is 13.6. The molecule has 0 spiro atoms. The number of benzene rings is 3. The number of carbonyl (C=O) groups excluding carboxylic acids is 2. The number of oxazole rings is 1. The van der Waals surface area contributed by atoms with E-state index in [1.807, 2.05) is 109 Å². The smallest absolute Gasteiger partial charge is 0.407 e. The van der Waals surface area contributed by atoms with Crippen LogP contribution < -0.4 is 10.1 Å². The molecule has 0 saturated heterocycles.